The number of halogens is 1. The molecule has 1 aromatic heterocycles. The van der Waals surface area contributed by atoms with Gasteiger partial charge >= 0.3 is 0 Å². The lowest BCUT2D eigenvalue weighted by molar-refractivity contribution is 0.154. The summed E-state index contributed by atoms with van der Waals surface area (Å²) < 4.78 is 42.1. The van der Waals surface area contributed by atoms with Crippen molar-refractivity contribution in [1.82, 2.24) is 19.8 Å². The number of hydrogen-bond acceptors (Lipinski definition) is 7. The number of nitrogens with one attached hydrogen (secondary N) is 2. The first-order valence-corrected chi connectivity index (χ1v) is 15.8. The maximum absolute atomic E-state index is 14.1. The summed E-state index contributed by atoms with van der Waals surface area (Å²) in [5.41, 5.74) is 5.70. The highest BCUT2D eigenvalue weighted by Crippen LogP contribution is 2.42. The van der Waals surface area contributed by atoms with Crippen LogP contribution >= 0.6 is 0 Å². The Labute approximate surface area is 246 Å². The number of rotatable bonds is 9. The van der Waals surface area contributed by atoms with Crippen LogP contribution in [-0.4, -0.2) is 74.5 Å². The van der Waals surface area contributed by atoms with Gasteiger partial charge in [-0.1, -0.05) is 48.5 Å². The van der Waals surface area contributed by atoms with E-state index in [9.17, 15) is 12.8 Å². The van der Waals surface area contributed by atoms with Gasteiger partial charge in [0.1, 0.15) is 10.7 Å². The van der Waals surface area contributed by atoms with Gasteiger partial charge in [-0.15, -0.1) is 0 Å². The second-order valence-electron chi connectivity index (χ2n) is 11.0. The highest BCUT2D eigenvalue weighted by Gasteiger charge is 2.28. The van der Waals surface area contributed by atoms with Crippen LogP contribution in [0.3, 0.4) is 0 Å². The molecule has 0 spiro atoms. The zero-order valence-electron chi connectivity index (χ0n) is 23.6. The van der Waals surface area contributed by atoms with Gasteiger partial charge in [0.2, 0.25) is 5.95 Å². The normalized spacial score (nSPS) is 17.3. The van der Waals surface area contributed by atoms with Crippen LogP contribution in [0.1, 0.15) is 29.0 Å². The highest BCUT2D eigenvalue weighted by atomic mass is 32.2. The molecular weight excluding hydrogens is 551 g/mol. The Morgan fingerprint density at radius 1 is 0.952 bits per heavy atom. The molecule has 1 aliphatic carbocycles. The van der Waals surface area contributed by atoms with E-state index in [0.29, 0.717) is 11.6 Å². The zero-order valence-corrected chi connectivity index (χ0v) is 24.4. The fraction of sp³-hybridized carbons (Fsp3) is 0.312. The van der Waals surface area contributed by atoms with Crippen LogP contribution in [0.5, 0.6) is 0 Å². The predicted octanol–water partition coefficient (Wildman–Crippen LogP) is 4.82. The molecule has 2 N–H and O–H groups in total. The van der Waals surface area contributed by atoms with Crippen molar-refractivity contribution in [3.8, 4) is 11.3 Å². The van der Waals surface area contributed by atoms with E-state index in [4.69, 9.17) is 4.98 Å². The molecule has 1 fully saturated rings. The van der Waals surface area contributed by atoms with E-state index in [1.54, 1.807) is 12.1 Å². The van der Waals surface area contributed by atoms with E-state index < -0.39 is 15.8 Å². The molecule has 1 unspecified atom stereocenters. The summed E-state index contributed by atoms with van der Waals surface area (Å²) >= 11 is 0. The molecule has 1 saturated heterocycles. The van der Waals surface area contributed by atoms with E-state index in [1.807, 2.05) is 30.5 Å². The minimum Gasteiger partial charge on any atom is -0.354 e. The van der Waals surface area contributed by atoms with E-state index in [2.05, 4.69) is 44.0 Å². The first kappa shape index (κ1) is 28.3. The zero-order chi connectivity index (χ0) is 29.1. The number of likely N-dealkylation sites (N-methyl/N-ethyl adjacent to an activating group) is 1. The first-order valence-electron chi connectivity index (χ1n) is 14.3. The van der Waals surface area contributed by atoms with Crippen molar-refractivity contribution in [2.45, 2.75) is 23.7 Å². The molecule has 0 saturated carbocycles. The third kappa shape index (κ3) is 6.16. The van der Waals surface area contributed by atoms with Crippen LogP contribution in [0.15, 0.2) is 83.9 Å². The van der Waals surface area contributed by atoms with Gasteiger partial charge in [0.15, 0.2) is 0 Å². The molecule has 1 atom stereocenters. The van der Waals surface area contributed by atoms with Crippen molar-refractivity contribution in [3.05, 3.63) is 102 Å². The van der Waals surface area contributed by atoms with Gasteiger partial charge < -0.3 is 15.1 Å². The summed E-state index contributed by atoms with van der Waals surface area (Å²) in [7, 11) is -1.87. The van der Waals surface area contributed by atoms with Gasteiger partial charge in [0.25, 0.3) is 10.0 Å². The van der Waals surface area contributed by atoms with Gasteiger partial charge in [0.05, 0.1) is 5.69 Å². The predicted molar refractivity (Wildman–Crippen MR) is 164 cm³/mol. The number of anilines is 2. The number of sulfonamides is 1. The largest absolute Gasteiger partial charge is 0.354 e. The van der Waals surface area contributed by atoms with Gasteiger partial charge in [-0.25, -0.2) is 22.8 Å². The van der Waals surface area contributed by atoms with Crippen molar-refractivity contribution in [2.24, 2.45) is 0 Å². The average molecular weight is 587 g/mol. The van der Waals surface area contributed by atoms with E-state index in [0.717, 1.165) is 80.6 Å². The molecule has 8 nitrogen and oxygen atoms in total. The lowest BCUT2D eigenvalue weighted by Gasteiger charge is -2.32. The Hall–Kier alpha value is -3.86. The maximum atomic E-state index is 14.1. The summed E-state index contributed by atoms with van der Waals surface area (Å²) in [5.74, 6) is -0.0749. The van der Waals surface area contributed by atoms with Crippen LogP contribution in [0.4, 0.5) is 16.0 Å². The molecule has 42 heavy (non-hydrogen) atoms. The Morgan fingerprint density at radius 3 is 2.48 bits per heavy atom. The Morgan fingerprint density at radius 2 is 1.69 bits per heavy atom. The van der Waals surface area contributed by atoms with Crippen LogP contribution in [0, 0.1) is 5.82 Å². The van der Waals surface area contributed by atoms with Crippen molar-refractivity contribution in [3.63, 3.8) is 0 Å². The first-order chi connectivity index (χ1) is 20.4. The molecule has 4 aromatic rings. The molecule has 2 aliphatic rings. The molecule has 0 amide bonds. The molecule has 6 rings (SSSR count). The summed E-state index contributed by atoms with van der Waals surface area (Å²) in [5, 5.41) is 3.42. The average Bonchev–Trinajstić information content (AvgIpc) is 3.00. The van der Waals surface area contributed by atoms with Crippen LogP contribution < -0.4 is 10.0 Å². The molecule has 2 heterocycles. The van der Waals surface area contributed by atoms with Crippen LogP contribution in [0.25, 0.3) is 11.3 Å². The van der Waals surface area contributed by atoms with E-state index in [1.165, 1.54) is 23.8 Å². The SMILES string of the molecule is CN1CCN(CCCNc2ncc3c(n2)-c2ccccc2C(c2ccc(NS(=O)(=O)c4ccccc4F)cc2)C3)CC1. The Balaban J connectivity index is 1.14. The molecule has 0 radical (unpaired) electrons. The van der Waals surface area contributed by atoms with Gasteiger partial charge in [-0.3, -0.25) is 4.72 Å². The van der Waals surface area contributed by atoms with Gasteiger partial charge in [-0.05, 0) is 67.4 Å². The molecule has 3 aromatic carbocycles. The van der Waals surface area contributed by atoms with Crippen molar-refractivity contribution >= 4 is 21.7 Å². The Bertz CT molecular complexity index is 1660. The van der Waals surface area contributed by atoms with E-state index in [-0.39, 0.29) is 10.8 Å². The summed E-state index contributed by atoms with van der Waals surface area (Å²) in [6.45, 7) is 6.38. The van der Waals surface area contributed by atoms with Gasteiger partial charge in [0, 0.05) is 56.1 Å². The molecular formula is C32H35FN6O2S. The second kappa shape index (κ2) is 12.2. The monoisotopic (exact) mass is 586 g/mol. The lowest BCUT2D eigenvalue weighted by atomic mass is 9.78. The standard InChI is InChI=1S/C32H35FN6O2S/c1-38-17-19-39(20-18-38)16-6-15-34-32-35-22-24-21-28(26-7-2-3-8-27(26)31(24)36-32)23-11-13-25(14-12-23)37-42(40,41)30-10-5-4-9-29(30)33/h2-5,7-14,22,28,37H,6,15-21H2,1H3,(H,34,35,36). The van der Waals surface area contributed by atoms with Crippen molar-refractivity contribution in [2.75, 3.05) is 56.4 Å². The molecule has 0 bridgehead atoms. The third-order valence-corrected chi connectivity index (χ3v) is 9.52. The molecule has 10 heteroatoms. The molecule has 1 aliphatic heterocycles. The Kier molecular flexibility index (Phi) is 8.19. The number of benzene rings is 3. The number of aromatic nitrogens is 2. The quantitative estimate of drug-likeness (QED) is 0.272. The van der Waals surface area contributed by atoms with Crippen LogP contribution in [0.2, 0.25) is 0 Å². The minimum absolute atomic E-state index is 0.0666. The maximum Gasteiger partial charge on any atom is 0.264 e. The van der Waals surface area contributed by atoms with E-state index >= 15 is 0 Å². The third-order valence-electron chi connectivity index (χ3n) is 8.10. The number of fused-ring (bicyclic) bond motifs is 3. The second-order valence-corrected chi connectivity index (χ2v) is 12.6. The number of hydrogen-bond donors (Lipinski definition) is 2. The smallest absolute Gasteiger partial charge is 0.264 e. The number of nitrogens with zero attached hydrogens (tertiary/aromatic N) is 4. The topological polar surface area (TPSA) is 90.5 Å². The van der Waals surface area contributed by atoms with Crippen molar-refractivity contribution in [1.29, 1.82) is 0 Å². The molecule has 218 valence electrons. The summed E-state index contributed by atoms with van der Waals surface area (Å²) in [6.07, 6.45) is 3.69. The summed E-state index contributed by atoms with van der Waals surface area (Å²) in [6, 6.07) is 20.9. The lowest BCUT2D eigenvalue weighted by Crippen LogP contribution is -2.44. The van der Waals surface area contributed by atoms with Crippen LogP contribution in [-0.2, 0) is 16.4 Å². The fourth-order valence-electron chi connectivity index (χ4n) is 5.75. The van der Waals surface area contributed by atoms with Gasteiger partial charge in [-0.2, -0.15) is 0 Å². The minimum atomic E-state index is -4.04. The fourth-order valence-corrected chi connectivity index (χ4v) is 6.89. The van der Waals surface area contributed by atoms with Crippen molar-refractivity contribution < 1.29 is 12.8 Å². The number of piperazine rings is 1. The highest BCUT2D eigenvalue weighted by molar-refractivity contribution is 7.92. The summed E-state index contributed by atoms with van der Waals surface area (Å²) in [4.78, 5) is 14.0.